The van der Waals surface area contributed by atoms with Gasteiger partial charge in [-0.1, -0.05) is 11.3 Å². The molecule has 0 radical (unpaired) electrons. The van der Waals surface area contributed by atoms with Gasteiger partial charge in [0.05, 0.1) is 0 Å². The zero-order valence-electron chi connectivity index (χ0n) is 11.0. The molecule has 6 nitrogen and oxygen atoms in total. The molecule has 0 atom stereocenters. The predicted octanol–water partition coefficient (Wildman–Crippen LogP) is 0.948. The van der Waals surface area contributed by atoms with Crippen LogP contribution in [-0.2, 0) is 4.74 Å². The maximum Gasteiger partial charge on any atom is 0.265 e. The van der Waals surface area contributed by atoms with Crippen molar-refractivity contribution < 1.29 is 9.53 Å². The second-order valence-corrected chi connectivity index (χ2v) is 4.80. The van der Waals surface area contributed by atoms with Crippen LogP contribution >= 0.6 is 11.3 Å². The van der Waals surface area contributed by atoms with E-state index in [0.29, 0.717) is 23.8 Å². The third kappa shape index (κ3) is 3.85. The average Bonchev–Trinajstić information content (AvgIpc) is 2.75. The van der Waals surface area contributed by atoms with E-state index in [9.17, 15) is 4.79 Å². The van der Waals surface area contributed by atoms with Gasteiger partial charge in [0.15, 0.2) is 5.13 Å². The van der Waals surface area contributed by atoms with E-state index >= 15 is 0 Å². The summed E-state index contributed by atoms with van der Waals surface area (Å²) in [7, 11) is 3.55. The fourth-order valence-electron chi connectivity index (χ4n) is 1.28. The topological polar surface area (TPSA) is 80.5 Å². The van der Waals surface area contributed by atoms with Crippen LogP contribution in [0.1, 0.15) is 23.0 Å². The normalized spacial score (nSPS) is 10.4. The van der Waals surface area contributed by atoms with Crippen molar-refractivity contribution in [2.75, 3.05) is 44.5 Å². The van der Waals surface area contributed by atoms with Gasteiger partial charge >= 0.3 is 0 Å². The Morgan fingerprint density at radius 3 is 2.94 bits per heavy atom. The number of anilines is 2. The summed E-state index contributed by atoms with van der Waals surface area (Å²) in [4.78, 5) is 18.5. The maximum atomic E-state index is 11.9. The summed E-state index contributed by atoms with van der Waals surface area (Å²) in [6, 6.07) is 0. The minimum atomic E-state index is -0.170. The van der Waals surface area contributed by atoms with Crippen LogP contribution in [0.3, 0.4) is 0 Å². The second kappa shape index (κ2) is 7.17. The molecule has 0 bridgehead atoms. The van der Waals surface area contributed by atoms with E-state index < -0.39 is 0 Å². The number of amides is 1. The predicted molar refractivity (Wildman–Crippen MR) is 74.3 cm³/mol. The fourth-order valence-corrected chi connectivity index (χ4v) is 2.21. The van der Waals surface area contributed by atoms with Crippen LogP contribution in [0.25, 0.3) is 0 Å². The lowest BCUT2D eigenvalue weighted by Gasteiger charge is -2.10. The molecule has 0 aliphatic carbocycles. The first kappa shape index (κ1) is 14.7. The van der Waals surface area contributed by atoms with Crippen LogP contribution in [0.5, 0.6) is 0 Å². The van der Waals surface area contributed by atoms with Crippen molar-refractivity contribution >= 4 is 28.2 Å². The number of nitrogens with zero attached hydrogens (tertiary/aromatic N) is 2. The molecule has 1 aromatic rings. The van der Waals surface area contributed by atoms with E-state index in [1.54, 1.807) is 7.11 Å². The lowest BCUT2D eigenvalue weighted by atomic mass is 10.4. The molecule has 1 heterocycles. The molecule has 1 rings (SSSR count). The van der Waals surface area contributed by atoms with Crippen LogP contribution in [0.2, 0.25) is 0 Å². The smallest absolute Gasteiger partial charge is 0.265 e. The van der Waals surface area contributed by atoms with Crippen molar-refractivity contribution in [3.8, 4) is 0 Å². The van der Waals surface area contributed by atoms with Crippen LogP contribution < -0.4 is 16.0 Å². The van der Waals surface area contributed by atoms with Crippen molar-refractivity contribution in [3.63, 3.8) is 0 Å². The summed E-state index contributed by atoms with van der Waals surface area (Å²) in [6.07, 6.45) is 0.780. The highest BCUT2D eigenvalue weighted by molar-refractivity contribution is 7.18. The summed E-state index contributed by atoms with van der Waals surface area (Å²) in [6.45, 7) is 4.04. The number of methoxy groups -OCH3 is 1. The molecule has 0 spiro atoms. The summed E-state index contributed by atoms with van der Waals surface area (Å²) >= 11 is 1.31. The van der Waals surface area contributed by atoms with E-state index in [0.717, 1.165) is 18.1 Å². The van der Waals surface area contributed by atoms with E-state index in [2.05, 4.69) is 10.3 Å². The molecular formula is C11H20N4O2S. The average molecular weight is 272 g/mol. The van der Waals surface area contributed by atoms with E-state index in [1.807, 2.05) is 18.9 Å². The molecule has 18 heavy (non-hydrogen) atoms. The van der Waals surface area contributed by atoms with Crippen molar-refractivity contribution in [1.29, 1.82) is 0 Å². The fraction of sp³-hybridized carbons (Fsp3) is 0.636. The lowest BCUT2D eigenvalue weighted by Crippen LogP contribution is -2.25. The van der Waals surface area contributed by atoms with Crippen LogP contribution in [-0.4, -0.2) is 44.7 Å². The number of nitrogens with two attached hydrogens (primary N) is 1. The SMILES string of the molecule is CCN(C)c1nc(N)c(C(=O)NCCCOC)s1. The zero-order valence-corrected chi connectivity index (χ0v) is 11.8. The molecule has 0 aromatic carbocycles. The Bertz CT molecular complexity index is 394. The highest BCUT2D eigenvalue weighted by atomic mass is 32.1. The molecule has 0 saturated heterocycles. The van der Waals surface area contributed by atoms with Crippen molar-refractivity contribution in [1.82, 2.24) is 10.3 Å². The number of thiazole rings is 1. The summed E-state index contributed by atoms with van der Waals surface area (Å²) < 4.78 is 4.91. The molecule has 1 amide bonds. The Morgan fingerprint density at radius 1 is 1.61 bits per heavy atom. The van der Waals surface area contributed by atoms with Crippen LogP contribution in [0.15, 0.2) is 0 Å². The van der Waals surface area contributed by atoms with Gasteiger partial charge in [0, 0.05) is 33.9 Å². The van der Waals surface area contributed by atoms with Crippen LogP contribution in [0, 0.1) is 0 Å². The molecule has 0 saturated carbocycles. The van der Waals surface area contributed by atoms with E-state index in [1.165, 1.54) is 11.3 Å². The standard InChI is InChI=1S/C11H20N4O2S/c1-4-15(2)11-14-9(12)8(18-11)10(16)13-6-5-7-17-3/h4-7,12H2,1-3H3,(H,13,16). The largest absolute Gasteiger partial charge is 0.385 e. The van der Waals surface area contributed by atoms with Gasteiger partial charge in [0.2, 0.25) is 0 Å². The van der Waals surface area contributed by atoms with E-state index in [4.69, 9.17) is 10.5 Å². The molecular weight excluding hydrogens is 252 g/mol. The number of nitrogen functional groups attached to an aromatic ring is 1. The summed E-state index contributed by atoms with van der Waals surface area (Å²) in [5.74, 6) is 0.122. The molecule has 0 unspecified atom stereocenters. The minimum absolute atomic E-state index is 0.170. The molecule has 0 aliphatic rings. The number of nitrogens with one attached hydrogen (secondary N) is 1. The van der Waals surface area contributed by atoms with Gasteiger partial charge in [0.25, 0.3) is 5.91 Å². The van der Waals surface area contributed by atoms with Gasteiger partial charge in [-0.05, 0) is 13.3 Å². The number of hydrogen-bond donors (Lipinski definition) is 2. The van der Waals surface area contributed by atoms with E-state index in [-0.39, 0.29) is 5.91 Å². The Labute approximate surface area is 111 Å². The third-order valence-electron chi connectivity index (χ3n) is 2.46. The Morgan fingerprint density at radius 2 is 2.33 bits per heavy atom. The molecule has 1 aromatic heterocycles. The zero-order chi connectivity index (χ0) is 13.5. The van der Waals surface area contributed by atoms with Crippen molar-refractivity contribution in [3.05, 3.63) is 4.88 Å². The number of carbonyl (C=O) groups is 1. The Balaban J connectivity index is 2.60. The summed E-state index contributed by atoms with van der Waals surface area (Å²) in [5, 5.41) is 3.56. The number of ether oxygens (including phenoxy) is 1. The lowest BCUT2D eigenvalue weighted by molar-refractivity contribution is 0.0953. The maximum absolute atomic E-state index is 11.9. The Hall–Kier alpha value is -1.34. The summed E-state index contributed by atoms with van der Waals surface area (Å²) in [5.41, 5.74) is 5.75. The third-order valence-corrected chi connectivity index (χ3v) is 3.64. The second-order valence-electron chi connectivity index (χ2n) is 3.83. The first-order valence-electron chi connectivity index (χ1n) is 5.84. The number of aromatic nitrogens is 1. The van der Waals surface area contributed by atoms with Gasteiger partial charge < -0.3 is 20.7 Å². The van der Waals surface area contributed by atoms with Crippen LogP contribution in [0.4, 0.5) is 10.9 Å². The van der Waals surface area contributed by atoms with Gasteiger partial charge in [-0.3, -0.25) is 4.79 Å². The Kier molecular flexibility index (Phi) is 5.87. The van der Waals surface area contributed by atoms with Gasteiger partial charge in [-0.2, -0.15) is 0 Å². The number of rotatable bonds is 7. The first-order chi connectivity index (χ1) is 8.60. The number of hydrogen-bond acceptors (Lipinski definition) is 6. The highest BCUT2D eigenvalue weighted by Crippen LogP contribution is 2.27. The van der Waals surface area contributed by atoms with Gasteiger partial charge in [-0.15, -0.1) is 0 Å². The molecule has 7 heteroatoms. The van der Waals surface area contributed by atoms with Gasteiger partial charge in [-0.25, -0.2) is 4.98 Å². The first-order valence-corrected chi connectivity index (χ1v) is 6.66. The highest BCUT2D eigenvalue weighted by Gasteiger charge is 2.17. The minimum Gasteiger partial charge on any atom is -0.385 e. The molecule has 102 valence electrons. The molecule has 0 aliphatic heterocycles. The van der Waals surface area contributed by atoms with Crippen molar-refractivity contribution in [2.45, 2.75) is 13.3 Å². The quantitative estimate of drug-likeness (QED) is 0.722. The van der Waals surface area contributed by atoms with Crippen molar-refractivity contribution in [2.24, 2.45) is 0 Å². The monoisotopic (exact) mass is 272 g/mol. The number of carbonyl (C=O) groups excluding carboxylic acids is 1. The van der Waals surface area contributed by atoms with Gasteiger partial charge in [0.1, 0.15) is 10.7 Å². The molecule has 0 fully saturated rings. The molecule has 3 N–H and O–H groups in total.